The number of aromatic nitrogens is 2. The first-order valence-corrected chi connectivity index (χ1v) is 5.65. The molecule has 0 atom stereocenters. The summed E-state index contributed by atoms with van der Waals surface area (Å²) in [5.41, 5.74) is 3.88. The predicted molar refractivity (Wildman–Crippen MR) is 70.1 cm³/mol. The molecule has 3 N–H and O–H groups in total. The standard InChI is InChI=1S/C13H13N5O/c1-9-6-12(18-15)17-13(16-9)8-19-11-4-2-10(7-14)3-5-11/h2-6H,8,15H2,1H3,(H,16,17,18). The van der Waals surface area contributed by atoms with E-state index in [1.54, 1.807) is 30.3 Å². The molecule has 0 radical (unpaired) electrons. The van der Waals surface area contributed by atoms with Gasteiger partial charge < -0.3 is 10.2 Å². The van der Waals surface area contributed by atoms with Crippen LogP contribution in [0.5, 0.6) is 5.75 Å². The highest BCUT2D eigenvalue weighted by molar-refractivity contribution is 5.35. The fourth-order valence-corrected chi connectivity index (χ4v) is 1.54. The molecule has 0 saturated heterocycles. The Morgan fingerprint density at radius 2 is 2.05 bits per heavy atom. The quantitative estimate of drug-likeness (QED) is 0.635. The molecule has 0 bridgehead atoms. The van der Waals surface area contributed by atoms with E-state index in [9.17, 15) is 0 Å². The molecular weight excluding hydrogens is 242 g/mol. The van der Waals surface area contributed by atoms with E-state index in [2.05, 4.69) is 15.4 Å². The van der Waals surface area contributed by atoms with Crippen LogP contribution in [0.25, 0.3) is 0 Å². The number of rotatable bonds is 4. The first-order chi connectivity index (χ1) is 9.21. The Labute approximate surface area is 110 Å². The summed E-state index contributed by atoms with van der Waals surface area (Å²) in [7, 11) is 0. The summed E-state index contributed by atoms with van der Waals surface area (Å²) < 4.78 is 5.54. The summed E-state index contributed by atoms with van der Waals surface area (Å²) in [4.78, 5) is 8.42. The van der Waals surface area contributed by atoms with Gasteiger partial charge in [-0.25, -0.2) is 15.8 Å². The predicted octanol–water partition coefficient (Wildman–Crippen LogP) is 1.52. The van der Waals surface area contributed by atoms with E-state index in [-0.39, 0.29) is 6.61 Å². The average Bonchev–Trinajstić information content (AvgIpc) is 2.45. The van der Waals surface area contributed by atoms with Crippen LogP contribution in [0.15, 0.2) is 30.3 Å². The van der Waals surface area contributed by atoms with Crippen LogP contribution in [-0.2, 0) is 6.61 Å². The van der Waals surface area contributed by atoms with Crippen LogP contribution < -0.4 is 16.0 Å². The van der Waals surface area contributed by atoms with E-state index in [1.165, 1.54) is 0 Å². The van der Waals surface area contributed by atoms with Crippen molar-refractivity contribution < 1.29 is 4.74 Å². The van der Waals surface area contributed by atoms with E-state index >= 15 is 0 Å². The molecule has 6 heteroatoms. The fourth-order valence-electron chi connectivity index (χ4n) is 1.54. The first kappa shape index (κ1) is 12.8. The molecule has 2 aromatic rings. The number of anilines is 1. The van der Waals surface area contributed by atoms with Gasteiger partial charge in [0.15, 0.2) is 5.82 Å². The van der Waals surface area contributed by atoms with Crippen molar-refractivity contribution in [3.8, 4) is 11.8 Å². The van der Waals surface area contributed by atoms with E-state index in [4.69, 9.17) is 15.8 Å². The smallest absolute Gasteiger partial charge is 0.168 e. The molecule has 6 nitrogen and oxygen atoms in total. The molecule has 0 unspecified atom stereocenters. The van der Waals surface area contributed by atoms with Crippen LogP contribution in [-0.4, -0.2) is 9.97 Å². The molecule has 0 amide bonds. The molecule has 2 rings (SSSR count). The zero-order valence-electron chi connectivity index (χ0n) is 10.4. The Morgan fingerprint density at radius 1 is 1.32 bits per heavy atom. The molecule has 0 aliphatic carbocycles. The van der Waals surface area contributed by atoms with Gasteiger partial charge in [0, 0.05) is 11.8 Å². The van der Waals surface area contributed by atoms with Crippen molar-refractivity contribution in [3.05, 3.63) is 47.4 Å². The normalized spacial score (nSPS) is 9.74. The van der Waals surface area contributed by atoms with E-state index in [0.717, 1.165) is 5.69 Å². The number of nitrogens with one attached hydrogen (secondary N) is 1. The van der Waals surface area contributed by atoms with Crippen LogP contribution in [0.2, 0.25) is 0 Å². The first-order valence-electron chi connectivity index (χ1n) is 5.65. The molecule has 0 spiro atoms. The molecule has 1 aromatic heterocycles. The lowest BCUT2D eigenvalue weighted by Crippen LogP contribution is -2.12. The van der Waals surface area contributed by atoms with Crippen molar-refractivity contribution >= 4 is 5.82 Å². The van der Waals surface area contributed by atoms with E-state index in [0.29, 0.717) is 23.0 Å². The molecule has 0 fully saturated rings. The Bertz CT molecular complexity index is 603. The summed E-state index contributed by atoms with van der Waals surface area (Å²) in [5.74, 6) is 7.06. The third-order valence-corrected chi connectivity index (χ3v) is 2.40. The number of nitriles is 1. The summed E-state index contributed by atoms with van der Waals surface area (Å²) in [6.45, 7) is 2.09. The van der Waals surface area contributed by atoms with Crippen LogP contribution in [0.3, 0.4) is 0 Å². The lowest BCUT2D eigenvalue weighted by Gasteiger charge is -2.07. The number of nitrogens with two attached hydrogens (primary N) is 1. The summed E-state index contributed by atoms with van der Waals surface area (Å²) >= 11 is 0. The number of benzene rings is 1. The van der Waals surface area contributed by atoms with Crippen molar-refractivity contribution in [2.45, 2.75) is 13.5 Å². The maximum absolute atomic E-state index is 8.70. The van der Waals surface area contributed by atoms with Crippen molar-refractivity contribution in [2.24, 2.45) is 5.84 Å². The molecular formula is C13H13N5O. The molecule has 1 heterocycles. The number of ether oxygens (including phenoxy) is 1. The molecule has 0 aliphatic heterocycles. The van der Waals surface area contributed by atoms with Gasteiger partial charge in [0.1, 0.15) is 18.2 Å². The second-order valence-corrected chi connectivity index (χ2v) is 3.88. The number of hydrogen-bond donors (Lipinski definition) is 2. The van der Waals surface area contributed by atoms with Gasteiger partial charge >= 0.3 is 0 Å². The zero-order valence-corrected chi connectivity index (χ0v) is 10.4. The van der Waals surface area contributed by atoms with E-state index < -0.39 is 0 Å². The van der Waals surface area contributed by atoms with Crippen molar-refractivity contribution in [2.75, 3.05) is 5.43 Å². The fraction of sp³-hybridized carbons (Fsp3) is 0.154. The third kappa shape index (κ3) is 3.40. The number of hydrazine groups is 1. The Balaban J connectivity index is 2.05. The molecule has 96 valence electrons. The highest BCUT2D eigenvalue weighted by Crippen LogP contribution is 2.13. The Kier molecular flexibility index (Phi) is 3.90. The number of aryl methyl sites for hydroxylation is 1. The van der Waals surface area contributed by atoms with Gasteiger partial charge in [-0.1, -0.05) is 0 Å². The van der Waals surface area contributed by atoms with Gasteiger partial charge in [-0.3, -0.25) is 0 Å². The van der Waals surface area contributed by atoms with Gasteiger partial charge in [-0.2, -0.15) is 5.26 Å². The second-order valence-electron chi connectivity index (χ2n) is 3.88. The van der Waals surface area contributed by atoms with Gasteiger partial charge in [-0.15, -0.1) is 0 Å². The van der Waals surface area contributed by atoms with Crippen LogP contribution >= 0.6 is 0 Å². The second kappa shape index (κ2) is 5.80. The third-order valence-electron chi connectivity index (χ3n) is 2.40. The molecule has 19 heavy (non-hydrogen) atoms. The lowest BCUT2D eigenvalue weighted by atomic mass is 10.2. The molecule has 0 saturated carbocycles. The lowest BCUT2D eigenvalue weighted by molar-refractivity contribution is 0.295. The molecule has 0 aliphatic rings. The highest BCUT2D eigenvalue weighted by Gasteiger charge is 2.03. The van der Waals surface area contributed by atoms with Gasteiger partial charge in [0.2, 0.25) is 0 Å². The largest absolute Gasteiger partial charge is 0.486 e. The van der Waals surface area contributed by atoms with Gasteiger partial charge in [0.05, 0.1) is 11.6 Å². The number of nitrogens with zero attached hydrogens (tertiary/aromatic N) is 3. The monoisotopic (exact) mass is 255 g/mol. The topological polar surface area (TPSA) is 96.9 Å². The van der Waals surface area contributed by atoms with Gasteiger partial charge in [-0.05, 0) is 31.2 Å². The minimum atomic E-state index is 0.238. The van der Waals surface area contributed by atoms with E-state index in [1.807, 2.05) is 13.0 Å². The van der Waals surface area contributed by atoms with Crippen molar-refractivity contribution in [1.29, 1.82) is 5.26 Å². The molecule has 1 aromatic carbocycles. The van der Waals surface area contributed by atoms with Crippen LogP contribution in [0, 0.1) is 18.3 Å². The number of nitrogen functional groups attached to an aromatic ring is 1. The Hall–Kier alpha value is -2.65. The zero-order chi connectivity index (χ0) is 13.7. The van der Waals surface area contributed by atoms with Crippen molar-refractivity contribution in [1.82, 2.24) is 9.97 Å². The summed E-state index contributed by atoms with van der Waals surface area (Å²) in [6.07, 6.45) is 0. The minimum Gasteiger partial charge on any atom is -0.486 e. The maximum atomic E-state index is 8.70. The van der Waals surface area contributed by atoms with Gasteiger partial charge in [0.25, 0.3) is 0 Å². The van der Waals surface area contributed by atoms with Crippen molar-refractivity contribution in [3.63, 3.8) is 0 Å². The minimum absolute atomic E-state index is 0.238. The maximum Gasteiger partial charge on any atom is 0.168 e. The highest BCUT2D eigenvalue weighted by atomic mass is 16.5. The summed E-state index contributed by atoms with van der Waals surface area (Å²) in [6, 6.07) is 10.6. The van der Waals surface area contributed by atoms with Crippen LogP contribution in [0.1, 0.15) is 17.1 Å². The van der Waals surface area contributed by atoms with Crippen LogP contribution in [0.4, 0.5) is 5.82 Å². The summed E-state index contributed by atoms with van der Waals surface area (Å²) in [5, 5.41) is 8.70. The SMILES string of the molecule is Cc1cc(NN)nc(COc2ccc(C#N)cc2)n1. The Morgan fingerprint density at radius 3 is 2.68 bits per heavy atom. The average molecular weight is 255 g/mol. The number of hydrogen-bond acceptors (Lipinski definition) is 6.